The van der Waals surface area contributed by atoms with Gasteiger partial charge < -0.3 is 10.2 Å². The number of carbonyl (C=O) groups excluding carboxylic acids is 1. The normalized spacial score (nSPS) is 17.4. The maximum Gasteiger partial charge on any atom is 0.236 e. The van der Waals surface area contributed by atoms with Crippen molar-refractivity contribution in [2.75, 3.05) is 26.7 Å². The molecule has 1 N–H and O–H groups in total. The van der Waals surface area contributed by atoms with Gasteiger partial charge in [-0.2, -0.15) is 0 Å². The van der Waals surface area contributed by atoms with Crippen molar-refractivity contribution in [1.29, 1.82) is 0 Å². The van der Waals surface area contributed by atoms with Crippen molar-refractivity contribution in [2.45, 2.75) is 45.4 Å². The van der Waals surface area contributed by atoms with Crippen molar-refractivity contribution in [1.82, 2.24) is 10.2 Å². The lowest BCUT2D eigenvalue weighted by molar-refractivity contribution is -0.129. The first-order valence-corrected chi connectivity index (χ1v) is 6.68. The van der Waals surface area contributed by atoms with Gasteiger partial charge in [-0.15, -0.1) is 0 Å². The fourth-order valence-electron chi connectivity index (χ4n) is 2.34. The Bertz CT molecular complexity index is 200. The molecule has 16 heavy (non-hydrogen) atoms. The highest BCUT2D eigenvalue weighted by Crippen LogP contribution is 2.26. The van der Waals surface area contributed by atoms with Gasteiger partial charge in [-0.05, 0) is 18.9 Å². The number of hydrogen-bond acceptors (Lipinski definition) is 2. The van der Waals surface area contributed by atoms with Crippen molar-refractivity contribution >= 4 is 5.91 Å². The van der Waals surface area contributed by atoms with Gasteiger partial charge in [0.1, 0.15) is 0 Å². The van der Waals surface area contributed by atoms with Crippen LogP contribution in [0, 0.1) is 5.92 Å². The molecule has 0 aromatic heterocycles. The van der Waals surface area contributed by atoms with Gasteiger partial charge in [0.25, 0.3) is 0 Å². The fourth-order valence-corrected chi connectivity index (χ4v) is 2.34. The number of carbonyl (C=O) groups is 1. The quantitative estimate of drug-likeness (QED) is 0.751. The molecule has 0 saturated heterocycles. The lowest BCUT2D eigenvalue weighted by Gasteiger charge is -2.24. The van der Waals surface area contributed by atoms with Gasteiger partial charge in [0.15, 0.2) is 0 Å². The van der Waals surface area contributed by atoms with Crippen LogP contribution < -0.4 is 5.32 Å². The van der Waals surface area contributed by atoms with Gasteiger partial charge in [-0.25, -0.2) is 0 Å². The van der Waals surface area contributed by atoms with Crippen molar-refractivity contribution in [2.24, 2.45) is 5.92 Å². The van der Waals surface area contributed by atoms with Crippen molar-refractivity contribution < 1.29 is 4.79 Å². The summed E-state index contributed by atoms with van der Waals surface area (Å²) in [7, 11) is 1.92. The van der Waals surface area contributed by atoms with Crippen molar-refractivity contribution in [3.05, 3.63) is 0 Å². The summed E-state index contributed by atoms with van der Waals surface area (Å²) in [5.41, 5.74) is 0. The van der Waals surface area contributed by atoms with E-state index in [4.69, 9.17) is 0 Å². The summed E-state index contributed by atoms with van der Waals surface area (Å²) in [6.45, 7) is 4.30. The average Bonchev–Trinajstić information content (AvgIpc) is 2.34. The van der Waals surface area contributed by atoms with Crippen LogP contribution >= 0.6 is 0 Å². The first-order valence-electron chi connectivity index (χ1n) is 6.68. The second kappa shape index (κ2) is 7.66. The zero-order chi connectivity index (χ0) is 11.8. The highest BCUT2D eigenvalue weighted by molar-refractivity contribution is 5.77. The van der Waals surface area contributed by atoms with E-state index in [1.165, 1.54) is 38.5 Å². The van der Waals surface area contributed by atoms with Crippen LogP contribution in [0.5, 0.6) is 0 Å². The first-order chi connectivity index (χ1) is 7.74. The predicted octanol–water partition coefficient (Wildman–Crippen LogP) is 2.02. The predicted molar refractivity (Wildman–Crippen MR) is 67.4 cm³/mol. The monoisotopic (exact) mass is 226 g/mol. The van der Waals surface area contributed by atoms with Crippen LogP contribution in [0.2, 0.25) is 0 Å². The molecule has 0 aromatic carbocycles. The molecule has 1 saturated carbocycles. The van der Waals surface area contributed by atoms with Crippen LogP contribution in [0.25, 0.3) is 0 Å². The maximum atomic E-state index is 11.6. The standard InChI is InChI=1S/C13H26N2O/c1-3-14-11-13(16)15(2)10-9-12-7-5-4-6-8-12/h12,14H,3-11H2,1-2H3. The molecule has 1 fully saturated rings. The minimum atomic E-state index is 0.220. The van der Waals surface area contributed by atoms with Gasteiger partial charge in [0, 0.05) is 13.6 Å². The summed E-state index contributed by atoms with van der Waals surface area (Å²) in [6.07, 6.45) is 8.12. The number of amides is 1. The molecule has 1 amide bonds. The summed E-state index contributed by atoms with van der Waals surface area (Å²) < 4.78 is 0. The minimum absolute atomic E-state index is 0.220. The third-order valence-corrected chi connectivity index (χ3v) is 3.55. The van der Waals surface area contributed by atoms with E-state index in [0.717, 1.165) is 19.0 Å². The molecule has 1 rings (SSSR count). The maximum absolute atomic E-state index is 11.6. The number of likely N-dealkylation sites (N-methyl/N-ethyl adjacent to an activating group) is 2. The number of hydrogen-bond donors (Lipinski definition) is 1. The lowest BCUT2D eigenvalue weighted by atomic mass is 9.87. The van der Waals surface area contributed by atoms with Crippen molar-refractivity contribution in [3.8, 4) is 0 Å². The largest absolute Gasteiger partial charge is 0.345 e. The summed E-state index contributed by atoms with van der Waals surface area (Å²) in [6, 6.07) is 0. The molecule has 0 radical (unpaired) electrons. The summed E-state index contributed by atoms with van der Waals surface area (Å²) in [4.78, 5) is 13.5. The summed E-state index contributed by atoms with van der Waals surface area (Å²) in [5.74, 6) is 1.08. The Kier molecular flexibility index (Phi) is 6.46. The van der Waals surface area contributed by atoms with E-state index < -0.39 is 0 Å². The topological polar surface area (TPSA) is 32.3 Å². The molecule has 0 heterocycles. The number of nitrogens with zero attached hydrogens (tertiary/aromatic N) is 1. The molecule has 0 aliphatic heterocycles. The number of rotatable bonds is 6. The van der Waals surface area contributed by atoms with E-state index in [2.05, 4.69) is 5.32 Å². The van der Waals surface area contributed by atoms with E-state index in [0.29, 0.717) is 6.54 Å². The second-order valence-corrected chi connectivity index (χ2v) is 4.89. The molecule has 0 spiro atoms. The highest BCUT2D eigenvalue weighted by Gasteiger charge is 2.15. The van der Waals surface area contributed by atoms with E-state index in [9.17, 15) is 4.79 Å². The minimum Gasteiger partial charge on any atom is -0.345 e. The fraction of sp³-hybridized carbons (Fsp3) is 0.923. The molecule has 0 atom stereocenters. The van der Waals surface area contributed by atoms with Gasteiger partial charge in [-0.1, -0.05) is 39.0 Å². The van der Waals surface area contributed by atoms with E-state index >= 15 is 0 Å². The molecule has 94 valence electrons. The Morgan fingerprint density at radius 2 is 2.00 bits per heavy atom. The van der Waals surface area contributed by atoms with Crippen LogP contribution in [-0.2, 0) is 4.79 Å². The van der Waals surface area contributed by atoms with Crippen LogP contribution in [0.15, 0.2) is 0 Å². The van der Waals surface area contributed by atoms with Crippen molar-refractivity contribution in [3.63, 3.8) is 0 Å². The van der Waals surface area contributed by atoms with E-state index in [1.54, 1.807) is 0 Å². The molecule has 1 aliphatic carbocycles. The lowest BCUT2D eigenvalue weighted by Crippen LogP contribution is -2.36. The second-order valence-electron chi connectivity index (χ2n) is 4.89. The Morgan fingerprint density at radius 1 is 1.31 bits per heavy atom. The highest BCUT2D eigenvalue weighted by atomic mass is 16.2. The molecule has 0 unspecified atom stereocenters. The summed E-state index contributed by atoms with van der Waals surface area (Å²) in [5, 5.41) is 3.08. The summed E-state index contributed by atoms with van der Waals surface area (Å²) >= 11 is 0. The Labute approximate surface area is 99.6 Å². The van der Waals surface area contributed by atoms with Gasteiger partial charge >= 0.3 is 0 Å². The van der Waals surface area contributed by atoms with Gasteiger partial charge in [-0.3, -0.25) is 4.79 Å². The zero-order valence-corrected chi connectivity index (χ0v) is 10.8. The molecule has 3 nitrogen and oxygen atoms in total. The van der Waals surface area contributed by atoms with E-state index in [-0.39, 0.29) is 5.91 Å². The number of nitrogens with one attached hydrogen (secondary N) is 1. The van der Waals surface area contributed by atoms with Crippen LogP contribution in [0.3, 0.4) is 0 Å². The Balaban J connectivity index is 2.12. The smallest absolute Gasteiger partial charge is 0.236 e. The average molecular weight is 226 g/mol. The third-order valence-electron chi connectivity index (χ3n) is 3.55. The van der Waals surface area contributed by atoms with Gasteiger partial charge in [0.05, 0.1) is 6.54 Å². The van der Waals surface area contributed by atoms with Crippen LogP contribution in [0.4, 0.5) is 0 Å². The molecule has 0 aromatic rings. The zero-order valence-electron chi connectivity index (χ0n) is 10.8. The van der Waals surface area contributed by atoms with Crippen LogP contribution in [-0.4, -0.2) is 37.5 Å². The van der Waals surface area contributed by atoms with Crippen LogP contribution in [0.1, 0.15) is 45.4 Å². The molecule has 3 heteroatoms. The Morgan fingerprint density at radius 3 is 2.62 bits per heavy atom. The molecular formula is C13H26N2O. The third kappa shape index (κ3) is 4.97. The molecule has 1 aliphatic rings. The Hall–Kier alpha value is -0.570. The van der Waals surface area contributed by atoms with E-state index in [1.807, 2.05) is 18.9 Å². The first kappa shape index (κ1) is 13.5. The SMILES string of the molecule is CCNCC(=O)N(C)CCC1CCCCC1. The molecular weight excluding hydrogens is 200 g/mol. The molecule has 0 bridgehead atoms. The van der Waals surface area contributed by atoms with Gasteiger partial charge in [0.2, 0.25) is 5.91 Å².